The topological polar surface area (TPSA) is 85.6 Å². The first-order valence-corrected chi connectivity index (χ1v) is 5.77. The monoisotopic (exact) mass is 310 g/mol. The van der Waals surface area contributed by atoms with Gasteiger partial charge in [0.25, 0.3) is 0 Å². The third-order valence-electron chi connectivity index (χ3n) is 2.54. The summed E-state index contributed by atoms with van der Waals surface area (Å²) in [5, 5.41) is 13.2. The number of carboxylic acid groups (broad SMARTS) is 1. The summed E-state index contributed by atoms with van der Waals surface area (Å²) in [6.45, 7) is 0. The van der Waals surface area contributed by atoms with Gasteiger partial charge < -0.3 is 9.52 Å². The number of fused-ring (bicyclic) bond motifs is 1. The quantitative estimate of drug-likeness (QED) is 0.780. The van der Waals surface area contributed by atoms with E-state index in [4.69, 9.17) is 9.52 Å². The minimum atomic E-state index is -1.10. The first kappa shape index (κ1) is 11.0. The van der Waals surface area contributed by atoms with Gasteiger partial charge in [0.1, 0.15) is 4.60 Å². The van der Waals surface area contributed by atoms with Crippen LogP contribution in [0, 0.1) is 0 Å². The molecule has 0 aromatic carbocycles. The zero-order valence-electron chi connectivity index (χ0n) is 9.16. The molecule has 3 aromatic rings. The molecule has 0 unspecified atom stereocenters. The highest BCUT2D eigenvalue weighted by molar-refractivity contribution is 9.10. The largest absolute Gasteiger partial charge is 0.476 e. The third-order valence-corrected chi connectivity index (χ3v) is 3.25. The molecule has 0 amide bonds. The molecule has 0 bridgehead atoms. The molecule has 0 aliphatic heterocycles. The normalized spacial score (nSPS) is 11.2. The second-order valence-electron chi connectivity index (χ2n) is 3.63. The highest BCUT2D eigenvalue weighted by Crippen LogP contribution is 2.24. The number of carbonyl (C=O) groups is 1. The van der Waals surface area contributed by atoms with Crippen LogP contribution in [0.2, 0.25) is 0 Å². The lowest BCUT2D eigenvalue weighted by molar-refractivity contribution is 0.0690. The van der Waals surface area contributed by atoms with Crippen molar-refractivity contribution in [2.24, 2.45) is 7.05 Å². The minimum Gasteiger partial charge on any atom is -0.476 e. The van der Waals surface area contributed by atoms with Crippen molar-refractivity contribution in [3.8, 4) is 11.6 Å². The molecule has 3 aromatic heterocycles. The van der Waals surface area contributed by atoms with Gasteiger partial charge in [-0.2, -0.15) is 4.52 Å². The molecule has 0 fully saturated rings. The number of nitrogens with zero attached hydrogens (tertiary/aromatic N) is 4. The van der Waals surface area contributed by atoms with Crippen molar-refractivity contribution in [3.05, 3.63) is 28.7 Å². The van der Waals surface area contributed by atoms with Crippen LogP contribution in [0.5, 0.6) is 0 Å². The fraction of sp³-hybridized carbons (Fsp3) is 0.100. The summed E-state index contributed by atoms with van der Waals surface area (Å²) in [7, 11) is 1.74. The Morgan fingerprint density at radius 2 is 2.33 bits per heavy atom. The standard InChI is InChI=1S/C10H7BrN4O3/c1-14-8(5-3-2-4-18-5)13-15-7(11)6(9(16)17)12-10(14)15/h2-4H,1H3,(H,16,17). The first-order chi connectivity index (χ1) is 8.59. The molecule has 0 saturated heterocycles. The van der Waals surface area contributed by atoms with Crippen LogP contribution >= 0.6 is 15.9 Å². The molecule has 0 aliphatic rings. The lowest BCUT2D eigenvalue weighted by Gasteiger charge is -1.95. The highest BCUT2D eigenvalue weighted by atomic mass is 79.9. The summed E-state index contributed by atoms with van der Waals surface area (Å²) in [6, 6.07) is 3.53. The van der Waals surface area contributed by atoms with E-state index in [1.165, 1.54) is 4.52 Å². The molecule has 7 nitrogen and oxygen atoms in total. The van der Waals surface area contributed by atoms with Crippen LogP contribution < -0.4 is 0 Å². The predicted octanol–water partition coefficient (Wildman–Crippen LogP) is 1.79. The van der Waals surface area contributed by atoms with Gasteiger partial charge in [0.2, 0.25) is 5.78 Å². The first-order valence-electron chi connectivity index (χ1n) is 4.97. The maximum atomic E-state index is 11.0. The minimum absolute atomic E-state index is 0.0703. The molecule has 3 rings (SSSR count). The number of rotatable bonds is 2. The van der Waals surface area contributed by atoms with Gasteiger partial charge in [0.05, 0.1) is 6.26 Å². The van der Waals surface area contributed by atoms with Gasteiger partial charge in [-0.3, -0.25) is 4.57 Å². The van der Waals surface area contributed by atoms with Crippen molar-refractivity contribution in [2.45, 2.75) is 0 Å². The van der Waals surface area contributed by atoms with Crippen molar-refractivity contribution >= 4 is 27.7 Å². The fourth-order valence-corrected chi connectivity index (χ4v) is 2.20. The Balaban J connectivity index is 2.28. The second-order valence-corrected chi connectivity index (χ2v) is 4.38. The number of aromatic nitrogens is 4. The SMILES string of the molecule is Cn1c(-c2ccco2)nn2c(Br)c(C(=O)O)nc12. The summed E-state index contributed by atoms with van der Waals surface area (Å²) in [5.74, 6) is 0.476. The Morgan fingerprint density at radius 1 is 1.56 bits per heavy atom. The van der Waals surface area contributed by atoms with Crippen molar-refractivity contribution in [1.29, 1.82) is 0 Å². The summed E-state index contributed by atoms with van der Waals surface area (Å²) >= 11 is 3.18. The van der Waals surface area contributed by atoms with E-state index in [2.05, 4.69) is 26.0 Å². The van der Waals surface area contributed by atoms with Crippen molar-refractivity contribution in [1.82, 2.24) is 19.2 Å². The van der Waals surface area contributed by atoms with Crippen molar-refractivity contribution < 1.29 is 14.3 Å². The molecular formula is C10H7BrN4O3. The van der Waals surface area contributed by atoms with Gasteiger partial charge in [0.15, 0.2) is 17.3 Å². The van der Waals surface area contributed by atoms with Gasteiger partial charge in [-0.1, -0.05) is 0 Å². The molecule has 18 heavy (non-hydrogen) atoms. The van der Waals surface area contributed by atoms with E-state index in [0.29, 0.717) is 22.0 Å². The predicted molar refractivity (Wildman–Crippen MR) is 64.3 cm³/mol. The lowest BCUT2D eigenvalue weighted by Crippen LogP contribution is -1.99. The Bertz CT molecular complexity index is 741. The summed E-state index contributed by atoms with van der Waals surface area (Å²) in [6.07, 6.45) is 1.55. The Kier molecular flexibility index (Phi) is 2.27. The molecule has 0 saturated carbocycles. The maximum absolute atomic E-state index is 11.0. The molecule has 0 radical (unpaired) electrons. The number of hydrogen-bond donors (Lipinski definition) is 1. The molecule has 3 heterocycles. The van der Waals surface area contributed by atoms with E-state index < -0.39 is 5.97 Å². The second kappa shape index (κ2) is 3.70. The summed E-state index contributed by atoms with van der Waals surface area (Å²) in [5.41, 5.74) is -0.0703. The number of imidazole rings is 1. The van der Waals surface area contributed by atoms with E-state index in [0.717, 1.165) is 0 Å². The van der Waals surface area contributed by atoms with Crippen LogP contribution in [0.3, 0.4) is 0 Å². The van der Waals surface area contributed by atoms with Crippen LogP contribution in [0.1, 0.15) is 10.5 Å². The van der Waals surface area contributed by atoms with E-state index >= 15 is 0 Å². The number of halogens is 1. The van der Waals surface area contributed by atoms with Crippen LogP contribution in [0.15, 0.2) is 27.4 Å². The van der Waals surface area contributed by atoms with E-state index in [1.54, 1.807) is 30.0 Å². The lowest BCUT2D eigenvalue weighted by atomic mass is 10.4. The number of carboxylic acids is 1. The number of aromatic carboxylic acids is 1. The zero-order chi connectivity index (χ0) is 12.9. The van der Waals surface area contributed by atoms with Gasteiger partial charge in [0, 0.05) is 7.05 Å². The van der Waals surface area contributed by atoms with E-state index in [9.17, 15) is 4.79 Å². The Morgan fingerprint density at radius 3 is 2.89 bits per heavy atom. The molecule has 8 heteroatoms. The molecule has 1 N–H and O–H groups in total. The average Bonchev–Trinajstić information content (AvgIpc) is 2.98. The zero-order valence-corrected chi connectivity index (χ0v) is 10.7. The number of aryl methyl sites for hydroxylation is 1. The summed E-state index contributed by atoms with van der Waals surface area (Å²) in [4.78, 5) is 15.0. The summed E-state index contributed by atoms with van der Waals surface area (Å²) < 4.78 is 8.65. The van der Waals surface area contributed by atoms with Crippen molar-refractivity contribution in [3.63, 3.8) is 0 Å². The van der Waals surface area contributed by atoms with Crippen molar-refractivity contribution in [2.75, 3.05) is 0 Å². The van der Waals surface area contributed by atoms with Crippen LogP contribution in [0.4, 0.5) is 0 Å². The third kappa shape index (κ3) is 1.39. The Labute approximate surface area is 109 Å². The number of furan rings is 1. The van der Waals surface area contributed by atoms with Crippen LogP contribution in [-0.2, 0) is 7.05 Å². The van der Waals surface area contributed by atoms with E-state index in [1.807, 2.05) is 0 Å². The molecular weight excluding hydrogens is 304 g/mol. The van der Waals surface area contributed by atoms with Crippen LogP contribution in [-0.4, -0.2) is 30.2 Å². The fourth-order valence-electron chi connectivity index (χ4n) is 1.70. The Hall–Kier alpha value is -2.09. The molecule has 0 atom stereocenters. The van der Waals surface area contributed by atoms with Crippen LogP contribution in [0.25, 0.3) is 17.4 Å². The molecule has 92 valence electrons. The maximum Gasteiger partial charge on any atom is 0.357 e. The van der Waals surface area contributed by atoms with Gasteiger partial charge in [-0.25, -0.2) is 9.78 Å². The smallest absolute Gasteiger partial charge is 0.357 e. The molecule has 0 spiro atoms. The molecule has 0 aliphatic carbocycles. The van der Waals surface area contributed by atoms with Gasteiger partial charge in [-0.05, 0) is 28.1 Å². The highest BCUT2D eigenvalue weighted by Gasteiger charge is 2.22. The number of hydrogen-bond acceptors (Lipinski definition) is 4. The van der Waals surface area contributed by atoms with Gasteiger partial charge in [-0.15, -0.1) is 5.10 Å². The van der Waals surface area contributed by atoms with E-state index in [-0.39, 0.29) is 5.69 Å². The van der Waals surface area contributed by atoms with Gasteiger partial charge >= 0.3 is 5.97 Å². The average molecular weight is 311 g/mol.